The van der Waals surface area contributed by atoms with E-state index in [1.807, 2.05) is 47.0 Å². The van der Waals surface area contributed by atoms with Crippen LogP contribution in [0, 0.1) is 0 Å². The maximum atomic E-state index is 12.1. The SMILES string of the molecule is O=C(/C=C/c1cccc2ccccc12)NCc1cn2cc(Cl)ccc2n1. The molecule has 26 heavy (non-hydrogen) atoms. The lowest BCUT2D eigenvalue weighted by molar-refractivity contribution is -0.116. The Morgan fingerprint density at radius 2 is 1.92 bits per heavy atom. The number of hydrogen-bond donors (Lipinski definition) is 1. The van der Waals surface area contributed by atoms with E-state index in [-0.39, 0.29) is 5.91 Å². The Labute approximate surface area is 155 Å². The topological polar surface area (TPSA) is 46.4 Å². The van der Waals surface area contributed by atoms with E-state index in [9.17, 15) is 4.79 Å². The lowest BCUT2D eigenvalue weighted by Crippen LogP contribution is -2.20. The average Bonchev–Trinajstić information content (AvgIpc) is 3.06. The largest absolute Gasteiger partial charge is 0.347 e. The number of nitrogens with one attached hydrogen (secondary N) is 1. The number of benzene rings is 2. The van der Waals surface area contributed by atoms with E-state index < -0.39 is 0 Å². The maximum Gasteiger partial charge on any atom is 0.244 e. The molecule has 0 radical (unpaired) electrons. The van der Waals surface area contributed by atoms with Gasteiger partial charge < -0.3 is 9.72 Å². The van der Waals surface area contributed by atoms with Crippen LogP contribution in [0.25, 0.3) is 22.5 Å². The lowest BCUT2D eigenvalue weighted by atomic mass is 10.0. The van der Waals surface area contributed by atoms with Gasteiger partial charge in [-0.2, -0.15) is 0 Å². The highest BCUT2D eigenvalue weighted by Gasteiger charge is 2.04. The molecule has 0 aliphatic heterocycles. The minimum atomic E-state index is -0.159. The summed E-state index contributed by atoms with van der Waals surface area (Å²) in [5, 5.41) is 5.77. The molecule has 4 aromatic rings. The van der Waals surface area contributed by atoms with Crippen molar-refractivity contribution >= 4 is 40.0 Å². The minimum Gasteiger partial charge on any atom is -0.347 e. The summed E-state index contributed by atoms with van der Waals surface area (Å²) in [7, 11) is 0. The van der Waals surface area contributed by atoms with Crippen LogP contribution in [0.15, 0.2) is 73.1 Å². The summed E-state index contributed by atoms with van der Waals surface area (Å²) in [6, 6.07) is 17.8. The van der Waals surface area contributed by atoms with Crippen LogP contribution in [0.5, 0.6) is 0 Å². The van der Waals surface area contributed by atoms with Crippen molar-refractivity contribution in [1.29, 1.82) is 0 Å². The number of imidazole rings is 1. The highest BCUT2D eigenvalue weighted by Crippen LogP contribution is 2.19. The van der Waals surface area contributed by atoms with Gasteiger partial charge in [-0.3, -0.25) is 4.79 Å². The number of fused-ring (bicyclic) bond motifs is 2. The number of aromatic nitrogens is 2. The van der Waals surface area contributed by atoms with Gasteiger partial charge in [-0.05, 0) is 34.5 Å². The normalized spacial score (nSPS) is 11.4. The number of hydrogen-bond acceptors (Lipinski definition) is 2. The van der Waals surface area contributed by atoms with Crippen LogP contribution < -0.4 is 5.32 Å². The number of pyridine rings is 1. The molecular formula is C21H16ClN3O. The molecule has 0 unspecified atom stereocenters. The van der Waals surface area contributed by atoms with E-state index in [1.165, 1.54) is 0 Å². The fourth-order valence-corrected chi connectivity index (χ4v) is 3.07. The second-order valence-corrected chi connectivity index (χ2v) is 6.40. The fraction of sp³-hybridized carbons (Fsp3) is 0.0476. The molecule has 0 aliphatic rings. The number of carbonyl (C=O) groups excluding carboxylic acids is 1. The van der Waals surface area contributed by atoms with Crippen LogP contribution in [0.3, 0.4) is 0 Å². The van der Waals surface area contributed by atoms with Gasteiger partial charge >= 0.3 is 0 Å². The zero-order chi connectivity index (χ0) is 17.9. The summed E-state index contributed by atoms with van der Waals surface area (Å²) in [6.07, 6.45) is 7.03. The van der Waals surface area contributed by atoms with Crippen LogP contribution in [0.2, 0.25) is 5.02 Å². The van der Waals surface area contributed by atoms with Crippen molar-refractivity contribution in [3.63, 3.8) is 0 Å². The molecular weight excluding hydrogens is 346 g/mol. The highest BCUT2D eigenvalue weighted by molar-refractivity contribution is 6.30. The van der Waals surface area contributed by atoms with Crippen molar-refractivity contribution in [2.45, 2.75) is 6.54 Å². The summed E-state index contributed by atoms with van der Waals surface area (Å²) in [5.41, 5.74) is 2.59. The number of carbonyl (C=O) groups is 1. The first-order valence-electron chi connectivity index (χ1n) is 8.26. The Morgan fingerprint density at radius 3 is 2.85 bits per heavy atom. The lowest BCUT2D eigenvalue weighted by Gasteiger charge is -2.02. The molecule has 1 N–H and O–H groups in total. The monoisotopic (exact) mass is 361 g/mol. The third-order valence-corrected chi connectivity index (χ3v) is 4.37. The standard InChI is InChI=1S/C21H16ClN3O/c22-17-9-10-20-24-18(14-25(20)13-17)12-23-21(26)11-8-16-6-3-5-15-4-1-2-7-19(15)16/h1-11,13-14H,12H2,(H,23,26)/b11-8+. The summed E-state index contributed by atoms with van der Waals surface area (Å²) in [4.78, 5) is 16.6. The molecule has 0 spiro atoms. The zero-order valence-corrected chi connectivity index (χ0v) is 14.6. The summed E-state index contributed by atoms with van der Waals surface area (Å²) in [6.45, 7) is 0.359. The van der Waals surface area contributed by atoms with Gasteiger partial charge in [0.15, 0.2) is 0 Å². The van der Waals surface area contributed by atoms with Gasteiger partial charge in [0.05, 0.1) is 17.3 Å². The van der Waals surface area contributed by atoms with Crippen molar-refractivity contribution in [1.82, 2.24) is 14.7 Å². The van der Waals surface area contributed by atoms with Crippen molar-refractivity contribution in [3.8, 4) is 0 Å². The van der Waals surface area contributed by atoms with Crippen molar-refractivity contribution < 1.29 is 4.79 Å². The molecule has 0 fully saturated rings. The van der Waals surface area contributed by atoms with Gasteiger partial charge in [0.1, 0.15) is 5.65 Å². The summed E-state index contributed by atoms with van der Waals surface area (Å²) >= 11 is 5.97. The molecule has 0 aliphatic carbocycles. The van der Waals surface area contributed by atoms with Gasteiger partial charge in [0.2, 0.25) is 5.91 Å². The smallest absolute Gasteiger partial charge is 0.244 e. The van der Waals surface area contributed by atoms with E-state index in [4.69, 9.17) is 11.6 Å². The van der Waals surface area contributed by atoms with Crippen LogP contribution in [-0.2, 0) is 11.3 Å². The molecule has 2 aromatic heterocycles. The number of halogens is 1. The Morgan fingerprint density at radius 1 is 1.08 bits per heavy atom. The molecule has 4 rings (SSSR count). The zero-order valence-electron chi connectivity index (χ0n) is 13.9. The highest BCUT2D eigenvalue weighted by atomic mass is 35.5. The van der Waals surface area contributed by atoms with Crippen LogP contribution in [0.4, 0.5) is 0 Å². The molecule has 4 nitrogen and oxygen atoms in total. The van der Waals surface area contributed by atoms with E-state index in [0.29, 0.717) is 11.6 Å². The Hall–Kier alpha value is -3.11. The molecule has 0 bridgehead atoms. The summed E-state index contributed by atoms with van der Waals surface area (Å²) < 4.78 is 1.84. The van der Waals surface area contributed by atoms with E-state index in [0.717, 1.165) is 27.7 Å². The molecule has 2 aromatic carbocycles. The minimum absolute atomic E-state index is 0.159. The van der Waals surface area contributed by atoms with Crippen LogP contribution in [-0.4, -0.2) is 15.3 Å². The van der Waals surface area contributed by atoms with Gasteiger partial charge in [-0.25, -0.2) is 4.98 Å². The first kappa shape index (κ1) is 16.4. The molecule has 2 heterocycles. The molecule has 128 valence electrons. The quantitative estimate of drug-likeness (QED) is 0.545. The third kappa shape index (κ3) is 3.46. The molecule has 0 saturated carbocycles. The first-order chi connectivity index (χ1) is 12.7. The Balaban J connectivity index is 1.45. The van der Waals surface area contributed by atoms with Gasteiger partial charge in [-0.1, -0.05) is 54.1 Å². The Bertz CT molecular complexity index is 1130. The second kappa shape index (κ2) is 7.02. The van der Waals surface area contributed by atoms with E-state index in [1.54, 1.807) is 18.3 Å². The summed E-state index contributed by atoms with van der Waals surface area (Å²) in [5.74, 6) is -0.159. The third-order valence-electron chi connectivity index (χ3n) is 4.15. The predicted octanol–water partition coefficient (Wildman–Crippen LogP) is 4.47. The average molecular weight is 362 g/mol. The Kier molecular flexibility index (Phi) is 4.42. The number of amides is 1. The fourth-order valence-electron chi connectivity index (χ4n) is 2.90. The van der Waals surface area contributed by atoms with E-state index >= 15 is 0 Å². The predicted molar refractivity (Wildman–Crippen MR) is 105 cm³/mol. The van der Waals surface area contributed by atoms with E-state index in [2.05, 4.69) is 28.5 Å². The molecule has 5 heteroatoms. The van der Waals surface area contributed by atoms with Crippen LogP contribution >= 0.6 is 11.6 Å². The van der Waals surface area contributed by atoms with Crippen LogP contribution in [0.1, 0.15) is 11.3 Å². The van der Waals surface area contributed by atoms with Gasteiger partial charge in [-0.15, -0.1) is 0 Å². The molecule has 1 amide bonds. The molecule has 0 saturated heterocycles. The number of rotatable bonds is 4. The van der Waals surface area contributed by atoms with Gasteiger partial charge in [0.25, 0.3) is 0 Å². The van der Waals surface area contributed by atoms with Crippen molar-refractivity contribution in [2.75, 3.05) is 0 Å². The maximum absolute atomic E-state index is 12.1. The second-order valence-electron chi connectivity index (χ2n) is 5.96. The van der Waals surface area contributed by atoms with Crippen molar-refractivity contribution in [3.05, 3.63) is 89.3 Å². The first-order valence-corrected chi connectivity index (χ1v) is 8.64. The van der Waals surface area contributed by atoms with Crippen molar-refractivity contribution in [2.24, 2.45) is 0 Å². The van der Waals surface area contributed by atoms with Gasteiger partial charge in [0, 0.05) is 18.5 Å². The molecule has 0 atom stereocenters. The number of nitrogens with zero attached hydrogens (tertiary/aromatic N) is 2.